The third-order valence-electron chi connectivity index (χ3n) is 2.71. The summed E-state index contributed by atoms with van der Waals surface area (Å²) in [7, 11) is 0. The summed E-state index contributed by atoms with van der Waals surface area (Å²) in [5.74, 6) is 1.38. The molecule has 1 aromatic rings. The van der Waals surface area contributed by atoms with Crippen molar-refractivity contribution in [3.05, 3.63) is 36.4 Å². The van der Waals surface area contributed by atoms with Crippen LogP contribution in [0.3, 0.4) is 0 Å². The molecule has 0 saturated carbocycles. The standard InChI is InChI=1S/C8H15NO.C6H6.O2S/c1-7-3-8(2)5-9(4-7)6-10;1-2-4-6-5-3-1;1-3-2/h6-8H,3-5H2,1-2H3;1-6H;. The van der Waals surface area contributed by atoms with Crippen LogP contribution in [0, 0.1) is 11.8 Å². The minimum Gasteiger partial charge on any atom is -0.345 e. The molecule has 2 rings (SSSR count). The van der Waals surface area contributed by atoms with Crippen LogP contribution in [0.2, 0.25) is 0 Å². The molecule has 1 aliphatic rings. The molecular weight excluding hydrogens is 262 g/mol. The normalized spacial score (nSPS) is 21.1. The number of hydrogen-bond acceptors (Lipinski definition) is 3. The Hall–Kier alpha value is -1.49. The van der Waals surface area contributed by atoms with Gasteiger partial charge in [0.25, 0.3) is 0 Å². The molecule has 0 aromatic heterocycles. The molecule has 0 aliphatic carbocycles. The molecule has 1 saturated heterocycles. The van der Waals surface area contributed by atoms with E-state index >= 15 is 0 Å². The Kier molecular flexibility index (Phi) is 10.7. The van der Waals surface area contributed by atoms with E-state index in [-0.39, 0.29) is 0 Å². The minimum absolute atomic E-state index is 0.689. The summed E-state index contributed by atoms with van der Waals surface area (Å²) < 4.78 is 16.6. The molecule has 1 fully saturated rings. The van der Waals surface area contributed by atoms with Crippen LogP contribution in [0.15, 0.2) is 36.4 Å². The van der Waals surface area contributed by atoms with Crippen molar-refractivity contribution in [2.45, 2.75) is 20.3 Å². The molecule has 106 valence electrons. The zero-order valence-electron chi connectivity index (χ0n) is 11.4. The van der Waals surface area contributed by atoms with Gasteiger partial charge in [-0.05, 0) is 18.3 Å². The number of benzene rings is 1. The molecule has 5 heteroatoms. The highest BCUT2D eigenvalue weighted by atomic mass is 32.1. The summed E-state index contributed by atoms with van der Waals surface area (Å²) in [6, 6.07) is 12.0. The van der Waals surface area contributed by atoms with Gasteiger partial charge in [-0.2, -0.15) is 8.42 Å². The zero-order chi connectivity index (χ0) is 14.5. The first-order valence-corrected chi connectivity index (χ1v) is 6.91. The van der Waals surface area contributed by atoms with E-state index < -0.39 is 11.6 Å². The average Bonchev–Trinajstić information content (AvgIpc) is 2.41. The average molecular weight is 283 g/mol. The van der Waals surface area contributed by atoms with Crippen molar-refractivity contribution in [1.82, 2.24) is 4.90 Å². The Bertz CT molecular complexity index is 330. The molecule has 0 radical (unpaired) electrons. The third kappa shape index (κ3) is 10.1. The fourth-order valence-corrected chi connectivity index (χ4v) is 2.18. The van der Waals surface area contributed by atoms with E-state index in [2.05, 4.69) is 13.8 Å². The number of likely N-dealkylation sites (tertiary alicyclic amines) is 1. The van der Waals surface area contributed by atoms with Crippen LogP contribution >= 0.6 is 0 Å². The largest absolute Gasteiger partial charge is 0.345 e. The van der Waals surface area contributed by atoms with Gasteiger partial charge in [0.15, 0.2) is 0 Å². The van der Waals surface area contributed by atoms with Crippen LogP contribution in [0.1, 0.15) is 20.3 Å². The third-order valence-corrected chi connectivity index (χ3v) is 2.71. The fourth-order valence-electron chi connectivity index (χ4n) is 2.18. The van der Waals surface area contributed by atoms with Crippen molar-refractivity contribution >= 4 is 18.0 Å². The van der Waals surface area contributed by atoms with Crippen molar-refractivity contribution in [2.75, 3.05) is 13.1 Å². The molecule has 19 heavy (non-hydrogen) atoms. The maximum Gasteiger partial charge on any atom is 0.335 e. The molecule has 1 aromatic carbocycles. The highest BCUT2D eigenvalue weighted by Crippen LogP contribution is 2.19. The fraction of sp³-hybridized carbons (Fsp3) is 0.500. The first-order valence-electron chi connectivity index (χ1n) is 6.25. The maximum absolute atomic E-state index is 10.4. The number of amides is 1. The Morgan fingerprint density at radius 3 is 1.53 bits per heavy atom. The van der Waals surface area contributed by atoms with Gasteiger partial charge in [-0.1, -0.05) is 50.2 Å². The number of carbonyl (C=O) groups excluding carboxylic acids is 1. The zero-order valence-corrected chi connectivity index (χ0v) is 12.2. The van der Waals surface area contributed by atoms with E-state index in [1.54, 1.807) is 0 Å². The first-order chi connectivity index (χ1) is 9.13. The summed E-state index contributed by atoms with van der Waals surface area (Å²) in [5.41, 5.74) is 0. The summed E-state index contributed by atoms with van der Waals surface area (Å²) in [6.45, 7) is 6.31. The van der Waals surface area contributed by atoms with Gasteiger partial charge in [-0.25, -0.2) is 0 Å². The van der Waals surface area contributed by atoms with Gasteiger partial charge in [0.05, 0.1) is 0 Å². The number of hydrogen-bond donors (Lipinski definition) is 0. The summed E-state index contributed by atoms with van der Waals surface area (Å²) in [4.78, 5) is 12.3. The topological polar surface area (TPSA) is 54.5 Å². The summed E-state index contributed by atoms with van der Waals surface area (Å²) in [6.07, 6.45) is 2.23. The highest BCUT2D eigenvalue weighted by Gasteiger charge is 2.19. The van der Waals surface area contributed by atoms with E-state index in [4.69, 9.17) is 8.42 Å². The molecule has 2 unspecified atom stereocenters. The molecule has 1 aliphatic heterocycles. The minimum atomic E-state index is -0.750. The van der Waals surface area contributed by atoms with Gasteiger partial charge in [0.1, 0.15) is 0 Å². The van der Waals surface area contributed by atoms with Crippen LogP contribution in [-0.4, -0.2) is 32.8 Å². The highest BCUT2D eigenvalue weighted by molar-refractivity contribution is 7.51. The second-order valence-electron chi connectivity index (χ2n) is 4.73. The van der Waals surface area contributed by atoms with Crippen LogP contribution in [0.25, 0.3) is 0 Å². The Morgan fingerprint density at radius 1 is 0.947 bits per heavy atom. The Morgan fingerprint density at radius 2 is 1.26 bits per heavy atom. The Labute approximate surface area is 118 Å². The van der Waals surface area contributed by atoms with Crippen molar-refractivity contribution in [1.29, 1.82) is 0 Å². The number of nitrogens with zero attached hydrogens (tertiary/aromatic N) is 1. The second-order valence-corrected chi connectivity index (χ2v) is 4.86. The van der Waals surface area contributed by atoms with E-state index in [0.717, 1.165) is 19.5 Å². The van der Waals surface area contributed by atoms with Crippen LogP contribution in [0.4, 0.5) is 0 Å². The smallest absolute Gasteiger partial charge is 0.335 e. The van der Waals surface area contributed by atoms with Crippen LogP contribution in [0.5, 0.6) is 0 Å². The lowest BCUT2D eigenvalue weighted by molar-refractivity contribution is -0.120. The lowest BCUT2D eigenvalue weighted by atomic mass is 9.92. The van der Waals surface area contributed by atoms with E-state index in [9.17, 15) is 4.79 Å². The van der Waals surface area contributed by atoms with E-state index in [1.807, 2.05) is 41.3 Å². The molecule has 0 bridgehead atoms. The van der Waals surface area contributed by atoms with E-state index in [0.29, 0.717) is 11.8 Å². The predicted molar refractivity (Wildman–Crippen MR) is 75.9 cm³/mol. The van der Waals surface area contributed by atoms with Gasteiger partial charge >= 0.3 is 11.6 Å². The monoisotopic (exact) mass is 283 g/mol. The van der Waals surface area contributed by atoms with Crippen molar-refractivity contribution < 1.29 is 13.2 Å². The second kappa shape index (κ2) is 11.6. The van der Waals surface area contributed by atoms with E-state index in [1.165, 1.54) is 6.42 Å². The van der Waals surface area contributed by atoms with Crippen molar-refractivity contribution in [2.24, 2.45) is 11.8 Å². The molecule has 0 N–H and O–H groups in total. The predicted octanol–water partition coefficient (Wildman–Crippen LogP) is 2.14. The van der Waals surface area contributed by atoms with Crippen molar-refractivity contribution in [3.63, 3.8) is 0 Å². The molecular formula is C14H21NO3S. The lowest BCUT2D eigenvalue weighted by Gasteiger charge is -2.32. The van der Waals surface area contributed by atoms with Crippen LogP contribution < -0.4 is 0 Å². The van der Waals surface area contributed by atoms with Crippen molar-refractivity contribution in [3.8, 4) is 0 Å². The maximum atomic E-state index is 10.4. The summed E-state index contributed by atoms with van der Waals surface area (Å²) >= 11 is -0.750. The Balaban J connectivity index is 0.000000306. The van der Waals surface area contributed by atoms with Gasteiger partial charge in [-0.3, -0.25) is 4.79 Å². The summed E-state index contributed by atoms with van der Waals surface area (Å²) in [5, 5.41) is 0. The molecule has 1 heterocycles. The lowest BCUT2D eigenvalue weighted by Crippen LogP contribution is -2.37. The van der Waals surface area contributed by atoms with Crippen LogP contribution in [-0.2, 0) is 16.4 Å². The van der Waals surface area contributed by atoms with Gasteiger partial charge < -0.3 is 4.90 Å². The quantitative estimate of drug-likeness (QED) is 0.742. The van der Waals surface area contributed by atoms with Gasteiger partial charge in [0, 0.05) is 13.1 Å². The first kappa shape index (κ1) is 17.5. The van der Waals surface area contributed by atoms with Gasteiger partial charge in [0.2, 0.25) is 6.41 Å². The number of rotatable bonds is 1. The molecule has 2 atom stereocenters. The van der Waals surface area contributed by atoms with Gasteiger partial charge in [-0.15, -0.1) is 0 Å². The molecule has 0 spiro atoms. The molecule has 1 amide bonds. The SMILES string of the molecule is CC1CC(C)CN(C=O)C1.O=S=O.c1ccccc1. The number of piperidine rings is 1. The molecule has 4 nitrogen and oxygen atoms in total. The number of carbonyl (C=O) groups is 1.